The molecule has 0 radical (unpaired) electrons. The zero-order valence-corrected chi connectivity index (χ0v) is 11.4. The molecule has 106 valence electrons. The van der Waals surface area contributed by atoms with Gasteiger partial charge in [0.1, 0.15) is 6.61 Å². The Labute approximate surface area is 118 Å². The monoisotopic (exact) mass is 286 g/mol. The van der Waals surface area contributed by atoms with Gasteiger partial charge in [0.2, 0.25) is 5.91 Å². The standard InChI is InChI=1S/C13H18N2O3.ClH/c14-9-12(16)15-8-4-7-13(17)18-10-11-5-2-1-3-6-11;/h1-3,5-6H,4,7-10,14H2,(H,15,16);1H. The summed E-state index contributed by atoms with van der Waals surface area (Å²) in [5.74, 6) is -0.478. The number of hydrogen-bond acceptors (Lipinski definition) is 4. The summed E-state index contributed by atoms with van der Waals surface area (Å²) >= 11 is 0. The van der Waals surface area contributed by atoms with E-state index < -0.39 is 0 Å². The van der Waals surface area contributed by atoms with Gasteiger partial charge in [-0.25, -0.2) is 0 Å². The number of esters is 1. The molecule has 1 aromatic rings. The van der Waals surface area contributed by atoms with Crippen LogP contribution in [0.25, 0.3) is 0 Å². The van der Waals surface area contributed by atoms with Crippen LogP contribution in [0.3, 0.4) is 0 Å². The van der Waals surface area contributed by atoms with Crippen LogP contribution in [0.1, 0.15) is 18.4 Å². The van der Waals surface area contributed by atoms with Crippen molar-refractivity contribution in [1.82, 2.24) is 5.32 Å². The average Bonchev–Trinajstić information content (AvgIpc) is 2.42. The first-order valence-corrected chi connectivity index (χ1v) is 5.88. The van der Waals surface area contributed by atoms with Gasteiger partial charge in [-0.05, 0) is 12.0 Å². The second kappa shape index (κ2) is 10.3. The van der Waals surface area contributed by atoms with Gasteiger partial charge < -0.3 is 15.8 Å². The summed E-state index contributed by atoms with van der Waals surface area (Å²) in [4.78, 5) is 22.2. The SMILES string of the molecule is Cl.NCC(=O)NCCCC(=O)OCc1ccccc1. The molecule has 0 aliphatic rings. The molecule has 3 N–H and O–H groups in total. The Balaban J connectivity index is 0.00000324. The summed E-state index contributed by atoms with van der Waals surface area (Å²) in [7, 11) is 0. The van der Waals surface area contributed by atoms with Crippen LogP contribution in [0.15, 0.2) is 30.3 Å². The minimum atomic E-state index is -0.263. The Bertz CT molecular complexity index is 385. The van der Waals surface area contributed by atoms with Crippen molar-refractivity contribution in [3.8, 4) is 0 Å². The molecular formula is C13H19ClN2O3. The number of rotatable bonds is 7. The molecule has 0 saturated carbocycles. The molecule has 0 heterocycles. The Kier molecular flexibility index (Phi) is 9.48. The van der Waals surface area contributed by atoms with E-state index in [9.17, 15) is 9.59 Å². The van der Waals surface area contributed by atoms with Crippen molar-refractivity contribution in [3.05, 3.63) is 35.9 Å². The van der Waals surface area contributed by atoms with Gasteiger partial charge in [-0.1, -0.05) is 30.3 Å². The highest BCUT2D eigenvalue weighted by atomic mass is 35.5. The summed E-state index contributed by atoms with van der Waals surface area (Å²) in [6.07, 6.45) is 0.844. The summed E-state index contributed by atoms with van der Waals surface area (Å²) in [6.45, 7) is 0.698. The number of benzene rings is 1. The highest BCUT2D eigenvalue weighted by Crippen LogP contribution is 2.02. The van der Waals surface area contributed by atoms with Gasteiger partial charge in [0.15, 0.2) is 0 Å². The second-order valence-electron chi connectivity index (χ2n) is 3.80. The lowest BCUT2D eigenvalue weighted by Gasteiger charge is -2.05. The van der Waals surface area contributed by atoms with Crippen molar-refractivity contribution >= 4 is 24.3 Å². The fourth-order valence-corrected chi connectivity index (χ4v) is 1.34. The maximum Gasteiger partial charge on any atom is 0.306 e. The minimum Gasteiger partial charge on any atom is -0.461 e. The molecule has 1 rings (SSSR count). The molecule has 6 heteroatoms. The third kappa shape index (κ3) is 8.18. The predicted molar refractivity (Wildman–Crippen MR) is 74.8 cm³/mol. The Morgan fingerprint density at radius 2 is 1.89 bits per heavy atom. The van der Waals surface area contributed by atoms with Crippen LogP contribution in [0.2, 0.25) is 0 Å². The molecule has 0 bridgehead atoms. The highest BCUT2D eigenvalue weighted by Gasteiger charge is 2.03. The fraction of sp³-hybridized carbons (Fsp3) is 0.385. The van der Waals surface area contributed by atoms with Crippen molar-refractivity contribution in [1.29, 1.82) is 0 Å². The molecule has 1 aromatic carbocycles. The van der Waals surface area contributed by atoms with Gasteiger partial charge in [0, 0.05) is 13.0 Å². The van der Waals surface area contributed by atoms with E-state index >= 15 is 0 Å². The normalized spacial score (nSPS) is 9.32. The van der Waals surface area contributed by atoms with Gasteiger partial charge in [0.05, 0.1) is 6.54 Å². The number of amides is 1. The lowest BCUT2D eigenvalue weighted by Crippen LogP contribution is -2.31. The van der Waals surface area contributed by atoms with Crippen LogP contribution in [0.4, 0.5) is 0 Å². The van der Waals surface area contributed by atoms with Gasteiger partial charge in [-0.3, -0.25) is 9.59 Å². The van der Waals surface area contributed by atoms with Crippen molar-refractivity contribution < 1.29 is 14.3 Å². The molecule has 0 aliphatic carbocycles. The van der Waals surface area contributed by atoms with Crippen LogP contribution in [0.5, 0.6) is 0 Å². The molecular weight excluding hydrogens is 268 g/mol. The van der Waals surface area contributed by atoms with Crippen LogP contribution in [0, 0.1) is 0 Å². The largest absolute Gasteiger partial charge is 0.461 e. The lowest BCUT2D eigenvalue weighted by atomic mass is 10.2. The van der Waals surface area contributed by atoms with Crippen molar-refractivity contribution in [2.45, 2.75) is 19.4 Å². The quantitative estimate of drug-likeness (QED) is 0.579. The molecule has 0 saturated heterocycles. The molecule has 0 aromatic heterocycles. The highest BCUT2D eigenvalue weighted by molar-refractivity contribution is 5.85. The minimum absolute atomic E-state index is 0. The first kappa shape index (κ1) is 17.4. The van der Waals surface area contributed by atoms with E-state index in [1.165, 1.54) is 0 Å². The van der Waals surface area contributed by atoms with Crippen molar-refractivity contribution in [2.75, 3.05) is 13.1 Å². The van der Waals surface area contributed by atoms with Gasteiger partial charge in [0.25, 0.3) is 0 Å². The molecule has 0 fully saturated rings. The van der Waals surface area contributed by atoms with Crippen molar-refractivity contribution in [2.24, 2.45) is 5.73 Å². The van der Waals surface area contributed by atoms with E-state index in [1.54, 1.807) is 0 Å². The van der Waals surface area contributed by atoms with Gasteiger partial charge >= 0.3 is 5.97 Å². The smallest absolute Gasteiger partial charge is 0.306 e. The van der Waals surface area contributed by atoms with E-state index in [4.69, 9.17) is 10.5 Å². The van der Waals surface area contributed by atoms with E-state index in [2.05, 4.69) is 5.32 Å². The maximum atomic E-state index is 11.4. The van der Waals surface area contributed by atoms with E-state index in [-0.39, 0.29) is 43.9 Å². The summed E-state index contributed by atoms with van der Waals surface area (Å²) in [5.41, 5.74) is 6.08. The number of hydrogen-bond donors (Lipinski definition) is 2. The second-order valence-corrected chi connectivity index (χ2v) is 3.80. The number of nitrogens with two attached hydrogens (primary N) is 1. The van der Waals surface area contributed by atoms with E-state index in [0.717, 1.165) is 5.56 Å². The Hall–Kier alpha value is -1.59. The van der Waals surface area contributed by atoms with Crippen LogP contribution < -0.4 is 11.1 Å². The van der Waals surface area contributed by atoms with E-state index in [1.807, 2.05) is 30.3 Å². The molecule has 0 unspecified atom stereocenters. The first-order valence-electron chi connectivity index (χ1n) is 5.88. The maximum absolute atomic E-state index is 11.4. The van der Waals surface area contributed by atoms with Gasteiger partial charge in [-0.2, -0.15) is 0 Å². The van der Waals surface area contributed by atoms with Crippen molar-refractivity contribution in [3.63, 3.8) is 0 Å². The van der Waals surface area contributed by atoms with E-state index in [0.29, 0.717) is 13.0 Å². The number of carbonyl (C=O) groups excluding carboxylic acids is 2. The Morgan fingerprint density at radius 1 is 1.21 bits per heavy atom. The average molecular weight is 287 g/mol. The predicted octanol–water partition coefficient (Wildman–Crippen LogP) is 1.01. The third-order valence-corrected chi connectivity index (χ3v) is 2.31. The van der Waals surface area contributed by atoms with Crippen LogP contribution in [-0.2, 0) is 20.9 Å². The Morgan fingerprint density at radius 3 is 2.53 bits per heavy atom. The number of nitrogens with one attached hydrogen (secondary N) is 1. The van der Waals surface area contributed by atoms with Gasteiger partial charge in [-0.15, -0.1) is 12.4 Å². The number of carbonyl (C=O) groups is 2. The fourth-order valence-electron chi connectivity index (χ4n) is 1.34. The topological polar surface area (TPSA) is 81.4 Å². The molecule has 5 nitrogen and oxygen atoms in total. The summed E-state index contributed by atoms with van der Waals surface area (Å²) in [5, 5.41) is 2.59. The third-order valence-electron chi connectivity index (χ3n) is 2.31. The molecule has 0 atom stereocenters. The lowest BCUT2D eigenvalue weighted by molar-refractivity contribution is -0.145. The first-order chi connectivity index (χ1) is 8.72. The molecule has 0 aliphatic heterocycles. The van der Waals surface area contributed by atoms with Crippen LogP contribution >= 0.6 is 12.4 Å². The number of ether oxygens (including phenoxy) is 1. The molecule has 19 heavy (non-hydrogen) atoms. The summed E-state index contributed by atoms with van der Waals surface area (Å²) in [6, 6.07) is 9.49. The molecule has 1 amide bonds. The number of halogens is 1. The molecule has 0 spiro atoms. The van der Waals surface area contributed by atoms with Crippen LogP contribution in [-0.4, -0.2) is 25.0 Å². The zero-order valence-electron chi connectivity index (χ0n) is 10.6. The summed E-state index contributed by atoms with van der Waals surface area (Å²) < 4.78 is 5.09. The zero-order chi connectivity index (χ0) is 13.2.